The zero-order chi connectivity index (χ0) is 16.6. The number of aliphatic carboxylic acids is 1. The first-order valence-electron chi connectivity index (χ1n) is 7.53. The molecule has 2 heterocycles. The first kappa shape index (κ1) is 15.3. The molecule has 1 atom stereocenters. The molecule has 120 valence electrons. The molecule has 2 aromatic rings. The number of para-hydroxylation sites is 1. The molecule has 0 aliphatic carbocycles. The van der Waals surface area contributed by atoms with E-state index in [-0.39, 0.29) is 12.5 Å². The Hall–Kier alpha value is -2.63. The Morgan fingerprint density at radius 2 is 2.09 bits per heavy atom. The highest BCUT2D eigenvalue weighted by molar-refractivity contribution is 5.99. The third-order valence-corrected chi connectivity index (χ3v) is 4.34. The number of amides is 1. The van der Waals surface area contributed by atoms with Crippen LogP contribution in [0.4, 0.5) is 5.69 Å². The topological polar surface area (TPSA) is 83.6 Å². The Kier molecular flexibility index (Phi) is 3.90. The summed E-state index contributed by atoms with van der Waals surface area (Å²) in [6, 6.07) is 7.19. The summed E-state index contributed by atoms with van der Waals surface area (Å²) in [6.07, 6.45) is 0.833. The first-order chi connectivity index (χ1) is 11.0. The first-order valence-corrected chi connectivity index (χ1v) is 7.53. The lowest BCUT2D eigenvalue weighted by molar-refractivity contribution is -0.138. The van der Waals surface area contributed by atoms with Gasteiger partial charge in [-0.25, -0.2) is 0 Å². The minimum atomic E-state index is -0.904. The molecule has 1 amide bonds. The van der Waals surface area contributed by atoms with Crippen LogP contribution in [0.2, 0.25) is 0 Å². The summed E-state index contributed by atoms with van der Waals surface area (Å²) in [7, 11) is 0. The second-order valence-corrected chi connectivity index (χ2v) is 5.76. The molecule has 3 rings (SSSR count). The van der Waals surface area contributed by atoms with Crippen molar-refractivity contribution >= 4 is 17.6 Å². The molecule has 0 spiro atoms. The van der Waals surface area contributed by atoms with Crippen molar-refractivity contribution < 1.29 is 19.2 Å². The Balaban J connectivity index is 1.77. The quantitative estimate of drug-likeness (QED) is 0.937. The van der Waals surface area contributed by atoms with Crippen LogP contribution in [0.1, 0.15) is 34.9 Å². The van der Waals surface area contributed by atoms with Crippen LogP contribution in [0, 0.1) is 13.8 Å². The summed E-state index contributed by atoms with van der Waals surface area (Å²) < 4.78 is 5.11. The highest BCUT2D eigenvalue weighted by atomic mass is 16.5. The van der Waals surface area contributed by atoms with Crippen molar-refractivity contribution in [3.05, 3.63) is 46.8 Å². The molecule has 1 aromatic heterocycles. The monoisotopic (exact) mass is 314 g/mol. The van der Waals surface area contributed by atoms with E-state index in [0.717, 1.165) is 17.0 Å². The van der Waals surface area contributed by atoms with Gasteiger partial charge in [-0.05, 0) is 31.9 Å². The van der Waals surface area contributed by atoms with Crippen molar-refractivity contribution in [3.63, 3.8) is 0 Å². The van der Waals surface area contributed by atoms with Gasteiger partial charge in [0.15, 0.2) is 0 Å². The second-order valence-electron chi connectivity index (χ2n) is 5.76. The Labute approximate surface area is 133 Å². The Bertz CT molecular complexity index is 746. The number of aromatic nitrogens is 1. The van der Waals surface area contributed by atoms with Gasteiger partial charge in [-0.1, -0.05) is 23.4 Å². The molecule has 0 fully saturated rings. The van der Waals surface area contributed by atoms with E-state index in [1.54, 1.807) is 23.1 Å². The lowest BCUT2D eigenvalue weighted by Gasteiger charge is -2.17. The van der Waals surface area contributed by atoms with E-state index in [2.05, 4.69) is 5.16 Å². The van der Waals surface area contributed by atoms with E-state index in [1.165, 1.54) is 0 Å². The highest BCUT2D eigenvalue weighted by Crippen LogP contribution is 2.36. The lowest BCUT2D eigenvalue weighted by atomic mass is 10.0. The number of nitrogens with zero attached hydrogens (tertiary/aromatic N) is 2. The van der Waals surface area contributed by atoms with Crippen LogP contribution in [0.5, 0.6) is 0 Å². The van der Waals surface area contributed by atoms with E-state index >= 15 is 0 Å². The van der Waals surface area contributed by atoms with Crippen LogP contribution in [0.15, 0.2) is 28.8 Å². The number of carbonyl (C=O) groups is 2. The van der Waals surface area contributed by atoms with Crippen molar-refractivity contribution in [2.45, 2.75) is 32.6 Å². The summed E-state index contributed by atoms with van der Waals surface area (Å²) in [5, 5.41) is 13.2. The normalized spacial score (nSPS) is 16.4. The van der Waals surface area contributed by atoms with Gasteiger partial charge in [0, 0.05) is 24.2 Å². The van der Waals surface area contributed by atoms with Crippen LogP contribution in [-0.4, -0.2) is 28.7 Å². The standard InChI is InChI=1S/C17H18N2O4/c1-10-12(11(2)23-18-10)7-8-16(20)19-9-14(17(21)22)13-5-3-4-6-15(13)19/h3-6,14H,7-9H2,1-2H3,(H,21,22)/t14-/m0/s1. The number of anilines is 1. The number of hydrogen-bond acceptors (Lipinski definition) is 4. The van der Waals surface area contributed by atoms with E-state index in [0.29, 0.717) is 24.1 Å². The van der Waals surface area contributed by atoms with Gasteiger partial charge < -0.3 is 14.5 Å². The number of carbonyl (C=O) groups excluding carboxylic acids is 1. The minimum Gasteiger partial charge on any atom is -0.481 e. The predicted molar refractivity (Wildman–Crippen MR) is 83.5 cm³/mol. The van der Waals surface area contributed by atoms with Crippen molar-refractivity contribution in [3.8, 4) is 0 Å². The van der Waals surface area contributed by atoms with Gasteiger partial charge in [-0.3, -0.25) is 9.59 Å². The molecular weight excluding hydrogens is 296 g/mol. The Morgan fingerprint density at radius 3 is 2.74 bits per heavy atom. The molecule has 6 nitrogen and oxygen atoms in total. The van der Waals surface area contributed by atoms with E-state index in [4.69, 9.17) is 4.52 Å². The summed E-state index contributed by atoms with van der Waals surface area (Å²) in [4.78, 5) is 25.6. The Morgan fingerprint density at radius 1 is 1.35 bits per heavy atom. The summed E-state index contributed by atoms with van der Waals surface area (Å²) in [5.41, 5.74) is 3.13. The molecule has 0 saturated carbocycles. The zero-order valence-electron chi connectivity index (χ0n) is 13.1. The van der Waals surface area contributed by atoms with Gasteiger partial charge in [-0.2, -0.15) is 0 Å². The molecular formula is C17H18N2O4. The lowest BCUT2D eigenvalue weighted by Crippen LogP contribution is -2.31. The molecule has 0 bridgehead atoms. The maximum atomic E-state index is 12.6. The largest absolute Gasteiger partial charge is 0.481 e. The van der Waals surface area contributed by atoms with E-state index < -0.39 is 11.9 Å². The maximum absolute atomic E-state index is 12.6. The predicted octanol–water partition coefficient (Wildman–Crippen LogP) is 2.44. The van der Waals surface area contributed by atoms with Crippen molar-refractivity contribution in [2.75, 3.05) is 11.4 Å². The number of aryl methyl sites for hydroxylation is 2. The van der Waals surface area contributed by atoms with Crippen LogP contribution < -0.4 is 4.90 Å². The van der Waals surface area contributed by atoms with Gasteiger partial charge >= 0.3 is 5.97 Å². The minimum absolute atomic E-state index is 0.0822. The van der Waals surface area contributed by atoms with Gasteiger partial charge in [0.25, 0.3) is 0 Å². The summed E-state index contributed by atoms with van der Waals surface area (Å²) in [6.45, 7) is 3.86. The highest BCUT2D eigenvalue weighted by Gasteiger charge is 2.36. The number of fused-ring (bicyclic) bond motifs is 1. The number of benzene rings is 1. The van der Waals surface area contributed by atoms with E-state index in [9.17, 15) is 14.7 Å². The molecule has 0 saturated heterocycles. The van der Waals surface area contributed by atoms with Crippen LogP contribution >= 0.6 is 0 Å². The fourth-order valence-corrected chi connectivity index (χ4v) is 3.08. The van der Waals surface area contributed by atoms with Crippen LogP contribution in [-0.2, 0) is 16.0 Å². The van der Waals surface area contributed by atoms with Gasteiger partial charge in [0.1, 0.15) is 11.7 Å². The van der Waals surface area contributed by atoms with Gasteiger partial charge in [0.05, 0.1) is 5.69 Å². The fraction of sp³-hybridized carbons (Fsp3) is 0.353. The number of carboxylic acids is 1. The summed E-state index contributed by atoms with van der Waals surface area (Å²) in [5.74, 6) is -0.922. The molecule has 1 N–H and O–H groups in total. The second kappa shape index (κ2) is 5.87. The third kappa shape index (κ3) is 2.72. The number of carboxylic acid groups (broad SMARTS) is 1. The maximum Gasteiger partial charge on any atom is 0.312 e. The molecule has 0 radical (unpaired) electrons. The fourth-order valence-electron chi connectivity index (χ4n) is 3.08. The van der Waals surface area contributed by atoms with Crippen LogP contribution in [0.25, 0.3) is 0 Å². The van der Waals surface area contributed by atoms with E-state index in [1.807, 2.05) is 19.9 Å². The van der Waals surface area contributed by atoms with Crippen molar-refractivity contribution in [1.82, 2.24) is 5.16 Å². The van der Waals surface area contributed by atoms with Crippen LogP contribution in [0.3, 0.4) is 0 Å². The zero-order valence-corrected chi connectivity index (χ0v) is 13.1. The molecule has 23 heavy (non-hydrogen) atoms. The average molecular weight is 314 g/mol. The molecule has 0 unspecified atom stereocenters. The smallest absolute Gasteiger partial charge is 0.312 e. The number of hydrogen-bond donors (Lipinski definition) is 1. The molecule has 6 heteroatoms. The van der Waals surface area contributed by atoms with Crippen molar-refractivity contribution in [1.29, 1.82) is 0 Å². The number of rotatable bonds is 4. The molecule has 1 aliphatic rings. The molecule has 1 aromatic carbocycles. The van der Waals surface area contributed by atoms with Gasteiger partial charge in [0.2, 0.25) is 5.91 Å². The molecule has 1 aliphatic heterocycles. The SMILES string of the molecule is Cc1noc(C)c1CCC(=O)N1C[C@H](C(=O)O)c2ccccc21. The van der Waals surface area contributed by atoms with Crippen molar-refractivity contribution in [2.24, 2.45) is 0 Å². The van der Waals surface area contributed by atoms with Gasteiger partial charge in [-0.15, -0.1) is 0 Å². The third-order valence-electron chi connectivity index (χ3n) is 4.34. The average Bonchev–Trinajstić information content (AvgIpc) is 3.06. The summed E-state index contributed by atoms with van der Waals surface area (Å²) >= 11 is 0.